The Bertz CT molecular complexity index is 605. The Labute approximate surface area is 119 Å². The lowest BCUT2D eigenvalue weighted by Crippen LogP contribution is -2.13. The Morgan fingerprint density at radius 3 is 2.55 bits per heavy atom. The third-order valence-electron chi connectivity index (χ3n) is 2.95. The highest BCUT2D eigenvalue weighted by atomic mass is 16.5. The van der Waals surface area contributed by atoms with E-state index in [-0.39, 0.29) is 5.41 Å². The summed E-state index contributed by atoms with van der Waals surface area (Å²) in [6.07, 6.45) is 1.41. The molecule has 2 rings (SSSR count). The first-order chi connectivity index (χ1) is 9.40. The van der Waals surface area contributed by atoms with Gasteiger partial charge in [0.25, 0.3) is 0 Å². The summed E-state index contributed by atoms with van der Waals surface area (Å²) < 4.78 is 5.89. The standard InChI is InChI=1S/C15H20N4O/c1-10-5-6-12(11(7-10)15(2,3)4)20-14-8-13(19-16)17-9-18-14/h5-9H,16H2,1-4H3,(H,17,18,19). The number of hydrogen-bond acceptors (Lipinski definition) is 5. The van der Waals surface area contributed by atoms with Gasteiger partial charge in [0, 0.05) is 11.6 Å². The first-order valence-electron chi connectivity index (χ1n) is 6.48. The van der Waals surface area contributed by atoms with Gasteiger partial charge >= 0.3 is 0 Å². The topological polar surface area (TPSA) is 73.1 Å². The molecule has 5 heteroatoms. The van der Waals surface area contributed by atoms with E-state index >= 15 is 0 Å². The minimum atomic E-state index is -0.0106. The lowest BCUT2D eigenvalue weighted by Gasteiger charge is -2.23. The Balaban J connectivity index is 2.38. The van der Waals surface area contributed by atoms with E-state index in [1.54, 1.807) is 6.07 Å². The van der Waals surface area contributed by atoms with Crippen LogP contribution in [0.3, 0.4) is 0 Å². The largest absolute Gasteiger partial charge is 0.439 e. The predicted molar refractivity (Wildman–Crippen MR) is 79.8 cm³/mol. The van der Waals surface area contributed by atoms with Crippen LogP contribution in [-0.4, -0.2) is 9.97 Å². The van der Waals surface area contributed by atoms with Crippen LogP contribution in [-0.2, 0) is 5.41 Å². The molecule has 20 heavy (non-hydrogen) atoms. The summed E-state index contributed by atoms with van der Waals surface area (Å²) in [6.45, 7) is 8.53. The van der Waals surface area contributed by atoms with Gasteiger partial charge in [0.2, 0.25) is 5.88 Å². The van der Waals surface area contributed by atoms with Gasteiger partial charge in [-0.05, 0) is 18.4 Å². The van der Waals surface area contributed by atoms with Crippen LogP contribution >= 0.6 is 0 Å². The normalized spacial score (nSPS) is 11.2. The van der Waals surface area contributed by atoms with Crippen LogP contribution in [0.5, 0.6) is 11.6 Å². The molecule has 0 bridgehead atoms. The average molecular weight is 272 g/mol. The molecule has 0 spiro atoms. The number of aromatic nitrogens is 2. The molecule has 0 aliphatic heterocycles. The molecule has 106 valence electrons. The minimum Gasteiger partial charge on any atom is -0.439 e. The molecule has 3 N–H and O–H groups in total. The summed E-state index contributed by atoms with van der Waals surface area (Å²) >= 11 is 0. The van der Waals surface area contributed by atoms with E-state index in [1.807, 2.05) is 12.1 Å². The van der Waals surface area contributed by atoms with Crippen LogP contribution in [0.1, 0.15) is 31.9 Å². The number of nitrogens with two attached hydrogens (primary N) is 1. The molecule has 0 saturated carbocycles. The second-order valence-corrected chi connectivity index (χ2v) is 5.74. The lowest BCUT2D eigenvalue weighted by molar-refractivity contribution is 0.439. The van der Waals surface area contributed by atoms with Gasteiger partial charge in [-0.1, -0.05) is 38.5 Å². The van der Waals surface area contributed by atoms with Crippen molar-refractivity contribution in [3.63, 3.8) is 0 Å². The van der Waals surface area contributed by atoms with E-state index in [9.17, 15) is 0 Å². The molecule has 0 saturated heterocycles. The minimum absolute atomic E-state index is 0.0106. The zero-order valence-corrected chi connectivity index (χ0v) is 12.3. The van der Waals surface area contributed by atoms with Crippen LogP contribution in [0, 0.1) is 6.92 Å². The molecular weight excluding hydrogens is 252 g/mol. The van der Waals surface area contributed by atoms with E-state index in [0.29, 0.717) is 11.7 Å². The van der Waals surface area contributed by atoms with E-state index in [0.717, 1.165) is 11.3 Å². The van der Waals surface area contributed by atoms with Gasteiger partial charge in [0.1, 0.15) is 17.9 Å². The quantitative estimate of drug-likeness (QED) is 0.663. The maximum Gasteiger partial charge on any atom is 0.224 e. The van der Waals surface area contributed by atoms with Crippen molar-refractivity contribution in [3.8, 4) is 11.6 Å². The summed E-state index contributed by atoms with van der Waals surface area (Å²) in [4.78, 5) is 8.06. The van der Waals surface area contributed by atoms with E-state index < -0.39 is 0 Å². The maximum atomic E-state index is 5.89. The Hall–Kier alpha value is -2.14. The first-order valence-corrected chi connectivity index (χ1v) is 6.48. The molecule has 2 aromatic rings. The summed E-state index contributed by atoms with van der Waals surface area (Å²) in [5.41, 5.74) is 4.81. The molecule has 0 amide bonds. The summed E-state index contributed by atoms with van der Waals surface area (Å²) in [6, 6.07) is 7.78. The monoisotopic (exact) mass is 272 g/mol. The van der Waals surface area contributed by atoms with Gasteiger partial charge in [0.15, 0.2) is 0 Å². The van der Waals surface area contributed by atoms with Crippen LogP contribution < -0.4 is 16.0 Å². The number of ether oxygens (including phenoxy) is 1. The molecule has 0 aliphatic rings. The molecule has 1 aromatic heterocycles. The van der Waals surface area contributed by atoms with Crippen molar-refractivity contribution >= 4 is 5.82 Å². The van der Waals surface area contributed by atoms with Crippen LogP contribution in [0.4, 0.5) is 5.82 Å². The number of nitrogens with zero attached hydrogens (tertiary/aromatic N) is 2. The average Bonchev–Trinajstić information content (AvgIpc) is 2.40. The van der Waals surface area contributed by atoms with Crippen molar-refractivity contribution in [3.05, 3.63) is 41.7 Å². The number of hydrogen-bond donors (Lipinski definition) is 2. The molecule has 0 unspecified atom stereocenters. The van der Waals surface area contributed by atoms with Crippen molar-refractivity contribution in [1.29, 1.82) is 0 Å². The number of rotatable bonds is 3. The zero-order chi connectivity index (χ0) is 14.8. The van der Waals surface area contributed by atoms with Crippen molar-refractivity contribution in [2.75, 3.05) is 5.43 Å². The predicted octanol–water partition coefficient (Wildman–Crippen LogP) is 3.16. The highest BCUT2D eigenvalue weighted by molar-refractivity contribution is 5.44. The fourth-order valence-corrected chi connectivity index (χ4v) is 1.91. The highest BCUT2D eigenvalue weighted by Crippen LogP contribution is 2.34. The molecule has 0 fully saturated rings. The number of aryl methyl sites for hydroxylation is 1. The number of nitrogens with one attached hydrogen (secondary N) is 1. The van der Waals surface area contributed by atoms with E-state index in [1.165, 1.54) is 11.9 Å². The van der Waals surface area contributed by atoms with Crippen molar-refractivity contribution in [1.82, 2.24) is 9.97 Å². The van der Waals surface area contributed by atoms with Gasteiger partial charge in [0.05, 0.1) is 0 Å². The molecule has 1 aromatic carbocycles. The second-order valence-electron chi connectivity index (χ2n) is 5.74. The molecule has 1 heterocycles. The van der Waals surface area contributed by atoms with Gasteiger partial charge in [-0.2, -0.15) is 0 Å². The van der Waals surface area contributed by atoms with E-state index in [2.05, 4.69) is 49.2 Å². The highest BCUT2D eigenvalue weighted by Gasteiger charge is 2.19. The van der Waals surface area contributed by atoms with Gasteiger partial charge < -0.3 is 10.2 Å². The fourth-order valence-electron chi connectivity index (χ4n) is 1.91. The van der Waals surface area contributed by atoms with Gasteiger partial charge in [-0.25, -0.2) is 15.8 Å². The maximum absolute atomic E-state index is 5.89. The lowest BCUT2D eigenvalue weighted by atomic mass is 9.85. The smallest absolute Gasteiger partial charge is 0.224 e. The third kappa shape index (κ3) is 3.24. The molecule has 0 aliphatic carbocycles. The second kappa shape index (κ2) is 5.46. The molecular formula is C15H20N4O. The van der Waals surface area contributed by atoms with Crippen molar-refractivity contribution in [2.45, 2.75) is 33.1 Å². The van der Waals surface area contributed by atoms with Crippen molar-refractivity contribution < 1.29 is 4.74 Å². The van der Waals surface area contributed by atoms with Crippen LogP contribution in [0.25, 0.3) is 0 Å². The number of nitrogen functional groups attached to an aromatic ring is 1. The fraction of sp³-hybridized carbons (Fsp3) is 0.333. The van der Waals surface area contributed by atoms with Gasteiger partial charge in [-0.15, -0.1) is 0 Å². The van der Waals surface area contributed by atoms with E-state index in [4.69, 9.17) is 10.6 Å². The number of anilines is 1. The van der Waals surface area contributed by atoms with Crippen LogP contribution in [0.2, 0.25) is 0 Å². The van der Waals surface area contributed by atoms with Crippen molar-refractivity contribution in [2.24, 2.45) is 5.84 Å². The number of hydrazine groups is 1. The Morgan fingerprint density at radius 2 is 1.90 bits per heavy atom. The summed E-state index contributed by atoms with van der Waals surface area (Å²) in [5.74, 6) is 7.11. The molecule has 0 atom stereocenters. The van der Waals surface area contributed by atoms with Gasteiger partial charge in [-0.3, -0.25) is 0 Å². The zero-order valence-electron chi connectivity index (χ0n) is 12.3. The van der Waals surface area contributed by atoms with Crippen LogP contribution in [0.15, 0.2) is 30.6 Å². The SMILES string of the molecule is Cc1ccc(Oc2cc(NN)ncn2)c(C(C)(C)C)c1. The Morgan fingerprint density at radius 1 is 1.15 bits per heavy atom. The Kier molecular flexibility index (Phi) is 3.90. The summed E-state index contributed by atoms with van der Waals surface area (Å²) in [7, 11) is 0. The first kappa shape index (κ1) is 14.3. The summed E-state index contributed by atoms with van der Waals surface area (Å²) in [5, 5.41) is 0. The third-order valence-corrected chi connectivity index (χ3v) is 2.95. The molecule has 0 radical (unpaired) electrons. The number of benzene rings is 1. The molecule has 5 nitrogen and oxygen atoms in total.